The van der Waals surface area contributed by atoms with Gasteiger partial charge in [0.15, 0.2) is 28.6 Å². The number of aliphatic imine (C=N–C) groups is 2. The summed E-state index contributed by atoms with van der Waals surface area (Å²) in [7, 11) is 3.88. The van der Waals surface area contributed by atoms with Crippen LogP contribution in [0.3, 0.4) is 0 Å². The topological polar surface area (TPSA) is 173 Å². The van der Waals surface area contributed by atoms with E-state index >= 15 is 0 Å². The second kappa shape index (κ2) is 13.1. The van der Waals surface area contributed by atoms with Gasteiger partial charge in [0.1, 0.15) is 5.82 Å². The summed E-state index contributed by atoms with van der Waals surface area (Å²) >= 11 is 0. The Labute approximate surface area is 214 Å². The van der Waals surface area contributed by atoms with E-state index in [-0.39, 0.29) is 12.2 Å². The van der Waals surface area contributed by atoms with Gasteiger partial charge in [-0.3, -0.25) is 19.7 Å². The molecule has 1 aromatic carbocycles. The summed E-state index contributed by atoms with van der Waals surface area (Å²) in [5.74, 6) is 2.21. The molecule has 1 saturated heterocycles. The summed E-state index contributed by atoms with van der Waals surface area (Å²) in [6, 6.07) is 7.54. The normalized spacial score (nSPS) is 14.1. The number of aliphatic hydroxyl groups is 1. The predicted molar refractivity (Wildman–Crippen MR) is 145 cm³/mol. The number of anilines is 2. The summed E-state index contributed by atoms with van der Waals surface area (Å²) in [6.45, 7) is 6.98. The van der Waals surface area contributed by atoms with Crippen LogP contribution in [0.4, 0.5) is 11.5 Å². The van der Waals surface area contributed by atoms with E-state index in [0.717, 1.165) is 41.5 Å². The average molecular weight is 509 g/mol. The number of ether oxygens (including phenoxy) is 1. The van der Waals surface area contributed by atoms with Crippen LogP contribution in [0, 0.1) is 0 Å². The van der Waals surface area contributed by atoms with Crippen LogP contribution in [-0.4, -0.2) is 88.9 Å². The van der Waals surface area contributed by atoms with E-state index in [0.29, 0.717) is 37.9 Å². The van der Waals surface area contributed by atoms with Gasteiger partial charge in [-0.25, -0.2) is 15.0 Å². The Balaban J connectivity index is 0.00000121. The molecular formula is C24H32N10O3. The van der Waals surface area contributed by atoms with Gasteiger partial charge in [0.2, 0.25) is 6.41 Å². The first-order valence-electron chi connectivity index (χ1n) is 11.5. The van der Waals surface area contributed by atoms with Crippen molar-refractivity contribution in [2.24, 2.45) is 22.8 Å². The minimum absolute atomic E-state index is 0.0493. The van der Waals surface area contributed by atoms with Gasteiger partial charge in [0.05, 0.1) is 38.8 Å². The van der Waals surface area contributed by atoms with Gasteiger partial charge in [0.25, 0.3) is 0 Å². The molecule has 1 amide bonds. The van der Waals surface area contributed by atoms with E-state index in [1.807, 2.05) is 47.8 Å². The molecule has 0 spiro atoms. The molecule has 196 valence electrons. The van der Waals surface area contributed by atoms with Gasteiger partial charge in [-0.15, -0.1) is 0 Å². The molecule has 2 aromatic heterocycles. The third-order valence-corrected chi connectivity index (χ3v) is 5.45. The number of hydrogen-bond donors (Lipinski definition) is 3. The molecular weight excluding hydrogens is 476 g/mol. The highest BCUT2D eigenvalue weighted by atomic mass is 16.5. The molecule has 3 heterocycles. The minimum Gasteiger partial charge on any atom is -0.505 e. The minimum atomic E-state index is -0.0493. The Kier molecular flexibility index (Phi) is 9.63. The second-order valence-corrected chi connectivity index (χ2v) is 8.19. The lowest BCUT2D eigenvalue weighted by atomic mass is 10.2. The van der Waals surface area contributed by atoms with E-state index in [9.17, 15) is 5.11 Å². The number of aromatic nitrogens is 4. The molecule has 0 saturated carbocycles. The van der Waals surface area contributed by atoms with Crippen LogP contribution in [0.2, 0.25) is 0 Å². The first-order valence-corrected chi connectivity index (χ1v) is 11.5. The maximum atomic E-state index is 9.59. The third-order valence-electron chi connectivity index (χ3n) is 5.45. The Morgan fingerprint density at radius 2 is 1.92 bits per heavy atom. The predicted octanol–water partition coefficient (Wildman–Crippen LogP) is 1.11. The molecule has 0 aliphatic carbocycles. The summed E-state index contributed by atoms with van der Waals surface area (Å²) in [5, 5.41) is 9.59. The number of aliphatic hydroxyl groups excluding tert-OH is 1. The number of nitrogens with two attached hydrogens (primary N) is 2. The molecule has 4 rings (SSSR count). The number of hydrogen-bond acceptors (Lipinski definition) is 11. The van der Waals surface area contributed by atoms with E-state index in [4.69, 9.17) is 30.2 Å². The zero-order chi connectivity index (χ0) is 26.8. The van der Waals surface area contributed by atoms with Crippen LogP contribution >= 0.6 is 0 Å². The van der Waals surface area contributed by atoms with E-state index in [1.54, 1.807) is 0 Å². The first kappa shape index (κ1) is 27.2. The Bertz CT molecular complexity index is 1260. The highest BCUT2D eigenvalue weighted by Gasteiger charge is 2.22. The number of nitrogens with zero attached hydrogens (tertiary/aromatic N) is 8. The number of carbonyl (C=O) groups excluding carboxylic acids is 1. The number of primary amides is 1. The number of amides is 1. The Morgan fingerprint density at radius 1 is 1.24 bits per heavy atom. The van der Waals surface area contributed by atoms with Gasteiger partial charge in [-0.05, 0) is 38.0 Å². The van der Waals surface area contributed by atoms with Crippen molar-refractivity contribution in [3.8, 4) is 11.4 Å². The lowest BCUT2D eigenvalue weighted by Crippen LogP contribution is -2.37. The molecule has 13 heteroatoms. The fourth-order valence-corrected chi connectivity index (χ4v) is 3.68. The average Bonchev–Trinajstić information content (AvgIpc) is 3.20. The monoisotopic (exact) mass is 508 g/mol. The zero-order valence-electron chi connectivity index (χ0n) is 21.0. The standard InChI is InChI=1S/C23H29N9O2.CH3NO/c1-25-12-18(33)13-26-15-30(2)14-19-27-20-22(31(19)3)28-21(16-4-6-17(24)7-5-16)29-23(20)32-8-10-34-11-9-32;2-1-3/h4-7,12-13,33H,1,8-11,14-15,24H2,2-3H3;1H,(H2,2,3)/b18-12+,26-13-;. The van der Waals surface area contributed by atoms with E-state index < -0.39 is 0 Å². The van der Waals surface area contributed by atoms with Crippen LogP contribution in [0.15, 0.2) is 46.2 Å². The van der Waals surface area contributed by atoms with Crippen molar-refractivity contribution in [2.75, 3.05) is 50.7 Å². The van der Waals surface area contributed by atoms with Crippen molar-refractivity contribution in [2.45, 2.75) is 6.54 Å². The maximum absolute atomic E-state index is 9.59. The van der Waals surface area contributed by atoms with Crippen molar-refractivity contribution in [1.29, 1.82) is 0 Å². The van der Waals surface area contributed by atoms with Gasteiger partial charge in [-0.1, -0.05) is 0 Å². The van der Waals surface area contributed by atoms with Gasteiger partial charge >= 0.3 is 0 Å². The molecule has 5 N–H and O–H groups in total. The summed E-state index contributed by atoms with van der Waals surface area (Å²) in [6.07, 6.45) is 2.83. The van der Waals surface area contributed by atoms with Gasteiger partial charge in [-0.2, -0.15) is 0 Å². The van der Waals surface area contributed by atoms with Crippen molar-refractivity contribution >= 4 is 42.0 Å². The molecule has 37 heavy (non-hydrogen) atoms. The summed E-state index contributed by atoms with van der Waals surface area (Å²) in [4.78, 5) is 35.1. The Hall–Kier alpha value is -4.36. The number of fused-ring (bicyclic) bond motifs is 1. The highest BCUT2D eigenvalue weighted by Crippen LogP contribution is 2.28. The fourth-order valence-electron chi connectivity index (χ4n) is 3.68. The number of nitrogen functional groups attached to an aromatic ring is 1. The number of imidazole rings is 1. The number of rotatable bonds is 8. The SMILES string of the molecule is C=N/C=C(O)\C=N/CN(C)Cc1nc2c(N3CCOCC3)nc(-c3ccc(N)cc3)nc2n1C.NC=O. The first-order chi connectivity index (χ1) is 17.9. The molecule has 0 bridgehead atoms. The van der Waals surface area contributed by atoms with Crippen LogP contribution < -0.4 is 16.4 Å². The van der Waals surface area contributed by atoms with Crippen molar-refractivity contribution in [3.63, 3.8) is 0 Å². The van der Waals surface area contributed by atoms with Gasteiger partial charge in [0, 0.05) is 31.4 Å². The molecule has 1 aliphatic rings. The largest absolute Gasteiger partial charge is 0.505 e. The zero-order valence-corrected chi connectivity index (χ0v) is 21.0. The lowest BCUT2D eigenvalue weighted by Gasteiger charge is -2.28. The van der Waals surface area contributed by atoms with Gasteiger partial charge < -0.3 is 30.8 Å². The second-order valence-electron chi connectivity index (χ2n) is 8.19. The fraction of sp³-hybridized carbons (Fsp3) is 0.333. The molecule has 3 aromatic rings. The highest BCUT2D eigenvalue weighted by molar-refractivity contribution is 5.86. The number of allylic oxidation sites excluding steroid dienone is 1. The number of morpholine rings is 1. The van der Waals surface area contributed by atoms with Crippen LogP contribution in [0.25, 0.3) is 22.6 Å². The molecule has 13 nitrogen and oxygen atoms in total. The number of aryl methyl sites for hydroxylation is 1. The van der Waals surface area contributed by atoms with Crippen molar-refractivity contribution < 1.29 is 14.6 Å². The molecule has 0 unspecified atom stereocenters. The smallest absolute Gasteiger partial charge is 0.204 e. The lowest BCUT2D eigenvalue weighted by molar-refractivity contribution is -0.106. The van der Waals surface area contributed by atoms with Crippen molar-refractivity contribution in [3.05, 3.63) is 42.0 Å². The molecule has 1 fully saturated rings. The molecule has 0 radical (unpaired) electrons. The van der Waals surface area contributed by atoms with Crippen molar-refractivity contribution in [1.82, 2.24) is 24.4 Å². The quantitative estimate of drug-likeness (QED) is 0.174. The van der Waals surface area contributed by atoms with Crippen LogP contribution in [0.5, 0.6) is 0 Å². The molecule has 1 aliphatic heterocycles. The number of benzene rings is 1. The maximum Gasteiger partial charge on any atom is 0.204 e. The van der Waals surface area contributed by atoms with E-state index in [2.05, 4.69) is 27.3 Å². The van der Waals surface area contributed by atoms with E-state index in [1.165, 1.54) is 12.4 Å². The number of carbonyl (C=O) groups is 1. The third kappa shape index (κ3) is 7.08. The summed E-state index contributed by atoms with van der Waals surface area (Å²) in [5.41, 5.74) is 13.1. The van der Waals surface area contributed by atoms with Crippen LogP contribution in [-0.2, 0) is 23.1 Å². The Morgan fingerprint density at radius 3 is 2.57 bits per heavy atom. The molecule has 0 atom stereocenters. The van der Waals surface area contributed by atoms with Crippen LogP contribution in [0.1, 0.15) is 5.82 Å². The summed E-state index contributed by atoms with van der Waals surface area (Å²) < 4.78 is 7.52.